The van der Waals surface area contributed by atoms with Crippen molar-refractivity contribution in [3.05, 3.63) is 46.3 Å². The molecule has 2 amide bonds. The van der Waals surface area contributed by atoms with Gasteiger partial charge in [-0.2, -0.15) is 0 Å². The quantitative estimate of drug-likeness (QED) is 0.855. The molecule has 1 saturated heterocycles. The lowest BCUT2D eigenvalue weighted by atomic mass is 10.0. The number of hydrogen-bond acceptors (Lipinski definition) is 5. The highest BCUT2D eigenvalue weighted by atomic mass is 16.5. The van der Waals surface area contributed by atoms with Crippen molar-refractivity contribution in [1.29, 1.82) is 0 Å². The molecule has 0 spiro atoms. The second kappa shape index (κ2) is 8.46. The highest BCUT2D eigenvalue weighted by Crippen LogP contribution is 2.25. The van der Waals surface area contributed by atoms with Gasteiger partial charge in [0.1, 0.15) is 11.5 Å². The summed E-state index contributed by atoms with van der Waals surface area (Å²) >= 11 is 0. The van der Waals surface area contributed by atoms with Gasteiger partial charge in [-0.3, -0.25) is 9.59 Å². The van der Waals surface area contributed by atoms with Crippen LogP contribution in [0.3, 0.4) is 0 Å². The lowest BCUT2D eigenvalue weighted by Crippen LogP contribution is -2.47. The van der Waals surface area contributed by atoms with Crippen LogP contribution < -0.4 is 10.1 Å². The number of nitrogens with one attached hydrogen (secondary N) is 1. The lowest BCUT2D eigenvalue weighted by Gasteiger charge is -2.32. The Morgan fingerprint density at radius 3 is 2.50 bits per heavy atom. The van der Waals surface area contributed by atoms with Gasteiger partial charge in [-0.05, 0) is 57.2 Å². The lowest BCUT2D eigenvalue weighted by molar-refractivity contribution is -0.134. The third-order valence-corrected chi connectivity index (χ3v) is 5.26. The number of aromatic nitrogens is 1. The van der Waals surface area contributed by atoms with Gasteiger partial charge in [0.2, 0.25) is 0 Å². The Hall–Kier alpha value is -2.83. The molecular weight excluding hydrogens is 358 g/mol. The van der Waals surface area contributed by atoms with E-state index in [-0.39, 0.29) is 30.2 Å². The third-order valence-electron chi connectivity index (χ3n) is 5.26. The fraction of sp³-hybridized carbons (Fsp3) is 0.476. The predicted molar refractivity (Wildman–Crippen MR) is 104 cm³/mol. The number of nitrogens with zero attached hydrogens (tertiary/aromatic N) is 2. The summed E-state index contributed by atoms with van der Waals surface area (Å²) in [5.41, 5.74) is 3.53. The number of benzene rings is 1. The van der Waals surface area contributed by atoms with Crippen molar-refractivity contribution >= 4 is 11.8 Å². The van der Waals surface area contributed by atoms with Crippen molar-refractivity contribution in [2.45, 2.75) is 46.6 Å². The van der Waals surface area contributed by atoms with E-state index in [1.807, 2.05) is 26.8 Å². The van der Waals surface area contributed by atoms with Crippen LogP contribution in [0, 0.1) is 27.7 Å². The molecule has 1 aromatic heterocycles. The zero-order valence-corrected chi connectivity index (χ0v) is 16.9. The van der Waals surface area contributed by atoms with Crippen LogP contribution in [-0.2, 0) is 4.79 Å². The van der Waals surface area contributed by atoms with Crippen molar-refractivity contribution in [3.8, 4) is 5.75 Å². The summed E-state index contributed by atoms with van der Waals surface area (Å²) in [4.78, 5) is 26.5. The van der Waals surface area contributed by atoms with Crippen molar-refractivity contribution in [3.63, 3.8) is 0 Å². The minimum atomic E-state index is -0.240. The third kappa shape index (κ3) is 4.52. The van der Waals surface area contributed by atoms with Gasteiger partial charge < -0.3 is 19.5 Å². The van der Waals surface area contributed by atoms with Crippen LogP contribution in [0.2, 0.25) is 0 Å². The second-order valence-corrected chi connectivity index (χ2v) is 7.39. The molecule has 7 heteroatoms. The van der Waals surface area contributed by atoms with Gasteiger partial charge in [0.25, 0.3) is 11.8 Å². The molecule has 150 valence electrons. The van der Waals surface area contributed by atoms with Gasteiger partial charge in [0.15, 0.2) is 12.3 Å². The zero-order chi connectivity index (χ0) is 20.3. The van der Waals surface area contributed by atoms with Gasteiger partial charge in [0.05, 0.1) is 0 Å². The van der Waals surface area contributed by atoms with Crippen LogP contribution in [0.4, 0.5) is 0 Å². The largest absolute Gasteiger partial charge is 0.483 e. The summed E-state index contributed by atoms with van der Waals surface area (Å²) in [6.45, 7) is 8.98. The van der Waals surface area contributed by atoms with E-state index < -0.39 is 0 Å². The first-order valence-electron chi connectivity index (χ1n) is 9.56. The van der Waals surface area contributed by atoms with E-state index in [0.29, 0.717) is 31.7 Å². The van der Waals surface area contributed by atoms with Gasteiger partial charge in [-0.15, -0.1) is 0 Å². The Morgan fingerprint density at radius 2 is 1.86 bits per heavy atom. The number of piperidine rings is 1. The second-order valence-electron chi connectivity index (χ2n) is 7.39. The molecule has 0 atom stereocenters. The topological polar surface area (TPSA) is 84.7 Å². The van der Waals surface area contributed by atoms with Crippen LogP contribution >= 0.6 is 0 Å². The maximum absolute atomic E-state index is 12.5. The van der Waals surface area contributed by atoms with Crippen LogP contribution in [0.25, 0.3) is 0 Å². The van der Waals surface area contributed by atoms with E-state index in [4.69, 9.17) is 9.26 Å². The molecule has 0 bridgehead atoms. The van der Waals surface area contributed by atoms with Crippen molar-refractivity contribution < 1.29 is 18.8 Å². The van der Waals surface area contributed by atoms with E-state index in [0.717, 1.165) is 22.4 Å². The van der Waals surface area contributed by atoms with E-state index in [2.05, 4.69) is 16.5 Å². The first-order chi connectivity index (χ1) is 13.3. The standard InChI is InChI=1S/C21H27N3O4/c1-13-5-6-14(2)20(16(13)4)27-12-19(25)24-9-7-17(8-10-24)22-21(26)18-11-15(3)28-23-18/h5-6,11,17H,7-10,12H2,1-4H3,(H,22,26). The summed E-state index contributed by atoms with van der Waals surface area (Å²) in [6.07, 6.45) is 1.41. The van der Waals surface area contributed by atoms with Gasteiger partial charge in [-0.25, -0.2) is 0 Å². The number of hydrogen-bond donors (Lipinski definition) is 1. The molecule has 2 aromatic rings. The average Bonchev–Trinajstić information content (AvgIpc) is 3.12. The molecule has 1 aliphatic heterocycles. The minimum Gasteiger partial charge on any atom is -0.483 e. The Balaban J connectivity index is 1.48. The Kier molecular flexibility index (Phi) is 6.02. The van der Waals surface area contributed by atoms with Crippen LogP contribution in [0.5, 0.6) is 5.75 Å². The Morgan fingerprint density at radius 1 is 1.18 bits per heavy atom. The van der Waals surface area contributed by atoms with Gasteiger partial charge in [0, 0.05) is 25.2 Å². The highest BCUT2D eigenvalue weighted by Gasteiger charge is 2.25. The predicted octanol–water partition coefficient (Wildman–Crippen LogP) is 2.71. The fourth-order valence-corrected chi connectivity index (χ4v) is 3.38. The zero-order valence-electron chi connectivity index (χ0n) is 16.9. The summed E-state index contributed by atoms with van der Waals surface area (Å²) in [5, 5.41) is 6.69. The smallest absolute Gasteiger partial charge is 0.273 e. The number of rotatable bonds is 5. The molecule has 1 aromatic carbocycles. The van der Waals surface area contributed by atoms with E-state index >= 15 is 0 Å². The van der Waals surface area contributed by atoms with Crippen LogP contribution in [0.15, 0.2) is 22.7 Å². The first kappa shape index (κ1) is 19.9. The van der Waals surface area contributed by atoms with Gasteiger partial charge >= 0.3 is 0 Å². The van der Waals surface area contributed by atoms with Crippen molar-refractivity contribution in [2.24, 2.45) is 0 Å². The van der Waals surface area contributed by atoms with E-state index in [1.54, 1.807) is 17.9 Å². The molecule has 1 fully saturated rings. The normalized spacial score (nSPS) is 14.8. The molecule has 1 N–H and O–H groups in total. The molecule has 0 saturated carbocycles. The molecular formula is C21H27N3O4. The number of likely N-dealkylation sites (tertiary alicyclic amines) is 1. The first-order valence-corrected chi connectivity index (χ1v) is 9.56. The maximum atomic E-state index is 12.5. The Labute approximate surface area is 165 Å². The number of aryl methyl sites for hydroxylation is 3. The number of carbonyl (C=O) groups is 2. The molecule has 2 heterocycles. The molecule has 0 aliphatic carbocycles. The minimum absolute atomic E-state index is 0.0238. The summed E-state index contributed by atoms with van der Waals surface area (Å²) in [6, 6.07) is 5.70. The fourth-order valence-electron chi connectivity index (χ4n) is 3.38. The maximum Gasteiger partial charge on any atom is 0.273 e. The summed E-state index contributed by atoms with van der Waals surface area (Å²) in [5.74, 6) is 1.12. The Bertz CT molecular complexity index is 867. The molecule has 0 radical (unpaired) electrons. The van der Waals surface area contributed by atoms with Crippen LogP contribution in [0.1, 0.15) is 45.8 Å². The number of ether oxygens (including phenoxy) is 1. The van der Waals surface area contributed by atoms with Crippen molar-refractivity contribution in [2.75, 3.05) is 19.7 Å². The molecule has 0 unspecified atom stereocenters. The highest BCUT2D eigenvalue weighted by molar-refractivity contribution is 5.92. The summed E-state index contributed by atoms with van der Waals surface area (Å²) < 4.78 is 10.8. The van der Waals surface area contributed by atoms with E-state index in [9.17, 15) is 9.59 Å². The van der Waals surface area contributed by atoms with Crippen LogP contribution in [-0.4, -0.2) is 47.6 Å². The summed E-state index contributed by atoms with van der Waals surface area (Å²) in [7, 11) is 0. The average molecular weight is 385 g/mol. The number of amides is 2. The number of carbonyl (C=O) groups excluding carboxylic acids is 2. The van der Waals surface area contributed by atoms with E-state index in [1.165, 1.54) is 0 Å². The monoisotopic (exact) mass is 385 g/mol. The SMILES string of the molecule is Cc1cc(C(=O)NC2CCN(C(=O)COc3c(C)ccc(C)c3C)CC2)no1. The van der Waals surface area contributed by atoms with Crippen molar-refractivity contribution in [1.82, 2.24) is 15.4 Å². The molecule has 3 rings (SSSR count). The molecule has 28 heavy (non-hydrogen) atoms. The molecule has 7 nitrogen and oxygen atoms in total. The molecule has 1 aliphatic rings. The van der Waals surface area contributed by atoms with Gasteiger partial charge in [-0.1, -0.05) is 17.3 Å².